The summed E-state index contributed by atoms with van der Waals surface area (Å²) in [6, 6.07) is -0.0376. The third kappa shape index (κ3) is 4.49. The number of rotatable bonds is 6. The van der Waals surface area contributed by atoms with Crippen LogP contribution in [0.1, 0.15) is 27.2 Å². The highest BCUT2D eigenvalue weighted by Gasteiger charge is 2.23. The van der Waals surface area contributed by atoms with E-state index in [2.05, 4.69) is 19.2 Å². The van der Waals surface area contributed by atoms with E-state index in [1.54, 1.807) is 0 Å². The van der Waals surface area contributed by atoms with E-state index >= 15 is 0 Å². The van der Waals surface area contributed by atoms with Crippen molar-refractivity contribution in [3.8, 4) is 0 Å². The van der Waals surface area contributed by atoms with Gasteiger partial charge >= 0.3 is 0 Å². The van der Waals surface area contributed by atoms with Crippen LogP contribution in [0.2, 0.25) is 0 Å². The number of nitrogens with one attached hydrogen (secondary N) is 1. The minimum Gasteiger partial charge on any atom is -0.380 e. The Morgan fingerprint density at radius 2 is 2.25 bits per heavy atom. The Hall–Kier alpha value is -0.610. The number of ether oxygens (including phenoxy) is 1. The standard InChI is InChI=1S/C12H24N2O2/c1-10(2)4-8-16-9-7-14-6-5-13-11(3)12(14)15/h10-11,13H,4-9H2,1-3H3. The van der Waals surface area contributed by atoms with Crippen LogP contribution in [0.5, 0.6) is 0 Å². The molecular formula is C12H24N2O2. The van der Waals surface area contributed by atoms with Gasteiger partial charge in [-0.15, -0.1) is 0 Å². The quantitative estimate of drug-likeness (QED) is 0.686. The molecule has 1 aliphatic rings. The molecule has 0 aromatic rings. The lowest BCUT2D eigenvalue weighted by atomic mass is 10.1. The first kappa shape index (κ1) is 13.5. The number of hydrogen-bond acceptors (Lipinski definition) is 3. The molecule has 1 aliphatic heterocycles. The van der Waals surface area contributed by atoms with Crippen molar-refractivity contribution in [3.63, 3.8) is 0 Å². The van der Waals surface area contributed by atoms with Crippen molar-refractivity contribution < 1.29 is 9.53 Å². The van der Waals surface area contributed by atoms with Crippen molar-refractivity contribution in [1.29, 1.82) is 0 Å². The monoisotopic (exact) mass is 228 g/mol. The topological polar surface area (TPSA) is 41.6 Å². The first-order chi connectivity index (χ1) is 7.61. The second-order valence-electron chi connectivity index (χ2n) is 4.80. The molecule has 4 nitrogen and oxygen atoms in total. The number of piperazine rings is 1. The van der Waals surface area contributed by atoms with Crippen LogP contribution < -0.4 is 5.32 Å². The first-order valence-electron chi connectivity index (χ1n) is 6.21. The van der Waals surface area contributed by atoms with Gasteiger partial charge in [-0.1, -0.05) is 13.8 Å². The summed E-state index contributed by atoms with van der Waals surface area (Å²) >= 11 is 0. The van der Waals surface area contributed by atoms with Crippen LogP contribution >= 0.6 is 0 Å². The Kier molecular flexibility index (Phi) is 5.77. The van der Waals surface area contributed by atoms with Gasteiger partial charge in [-0.2, -0.15) is 0 Å². The molecule has 1 unspecified atom stereocenters. The number of carbonyl (C=O) groups is 1. The fourth-order valence-corrected chi connectivity index (χ4v) is 1.71. The summed E-state index contributed by atoms with van der Waals surface area (Å²) in [5.41, 5.74) is 0. The SMILES string of the molecule is CC(C)CCOCCN1CCNC(C)C1=O. The van der Waals surface area contributed by atoms with Gasteiger partial charge in [-0.05, 0) is 19.3 Å². The molecule has 1 fully saturated rings. The van der Waals surface area contributed by atoms with Gasteiger partial charge in [0.1, 0.15) is 0 Å². The van der Waals surface area contributed by atoms with E-state index in [1.165, 1.54) is 0 Å². The van der Waals surface area contributed by atoms with Crippen LogP contribution in [0.15, 0.2) is 0 Å². The maximum Gasteiger partial charge on any atom is 0.239 e. The highest BCUT2D eigenvalue weighted by atomic mass is 16.5. The van der Waals surface area contributed by atoms with Gasteiger partial charge in [0.25, 0.3) is 0 Å². The summed E-state index contributed by atoms with van der Waals surface area (Å²) in [5.74, 6) is 0.875. The van der Waals surface area contributed by atoms with Gasteiger partial charge in [-0.25, -0.2) is 0 Å². The maximum atomic E-state index is 11.7. The largest absolute Gasteiger partial charge is 0.380 e. The summed E-state index contributed by atoms with van der Waals surface area (Å²) in [6.07, 6.45) is 1.09. The number of nitrogens with zero attached hydrogens (tertiary/aromatic N) is 1. The van der Waals surface area contributed by atoms with Crippen molar-refractivity contribution in [2.45, 2.75) is 33.2 Å². The van der Waals surface area contributed by atoms with E-state index in [9.17, 15) is 4.79 Å². The molecule has 0 bridgehead atoms. The van der Waals surface area contributed by atoms with E-state index < -0.39 is 0 Å². The van der Waals surface area contributed by atoms with Gasteiger partial charge in [-0.3, -0.25) is 4.79 Å². The molecule has 0 aromatic carbocycles. The van der Waals surface area contributed by atoms with Crippen LogP contribution in [0, 0.1) is 5.92 Å². The molecule has 0 spiro atoms. The highest BCUT2D eigenvalue weighted by molar-refractivity contribution is 5.82. The van der Waals surface area contributed by atoms with E-state index in [0.717, 1.165) is 32.7 Å². The molecule has 1 amide bonds. The van der Waals surface area contributed by atoms with Gasteiger partial charge in [0.05, 0.1) is 12.6 Å². The van der Waals surface area contributed by atoms with Crippen LogP contribution in [0.3, 0.4) is 0 Å². The smallest absolute Gasteiger partial charge is 0.239 e. The van der Waals surface area contributed by atoms with Gasteiger partial charge in [0.2, 0.25) is 5.91 Å². The predicted molar refractivity (Wildman–Crippen MR) is 64.3 cm³/mol. The van der Waals surface area contributed by atoms with Crippen LogP contribution in [0.4, 0.5) is 0 Å². The van der Waals surface area contributed by atoms with Crippen molar-refractivity contribution in [1.82, 2.24) is 10.2 Å². The molecule has 1 heterocycles. The van der Waals surface area contributed by atoms with Gasteiger partial charge in [0.15, 0.2) is 0 Å². The zero-order valence-corrected chi connectivity index (χ0v) is 10.7. The van der Waals surface area contributed by atoms with E-state index in [1.807, 2.05) is 11.8 Å². The summed E-state index contributed by atoms with van der Waals surface area (Å²) in [5, 5.41) is 3.15. The zero-order valence-electron chi connectivity index (χ0n) is 10.7. The van der Waals surface area contributed by atoms with Gasteiger partial charge in [0, 0.05) is 26.2 Å². The number of carbonyl (C=O) groups excluding carboxylic acids is 1. The lowest BCUT2D eigenvalue weighted by molar-refractivity contribution is -0.135. The molecule has 1 rings (SSSR count). The lowest BCUT2D eigenvalue weighted by Crippen LogP contribution is -2.54. The van der Waals surface area contributed by atoms with Crippen molar-refractivity contribution in [2.24, 2.45) is 5.92 Å². The molecule has 0 aliphatic carbocycles. The number of amides is 1. The molecule has 1 atom stereocenters. The summed E-state index contributed by atoms with van der Waals surface area (Å²) in [4.78, 5) is 13.6. The van der Waals surface area contributed by atoms with Crippen LogP contribution in [0.25, 0.3) is 0 Å². The minimum absolute atomic E-state index is 0.0376. The first-order valence-corrected chi connectivity index (χ1v) is 6.21. The average molecular weight is 228 g/mol. The second-order valence-corrected chi connectivity index (χ2v) is 4.80. The number of hydrogen-bond donors (Lipinski definition) is 1. The zero-order chi connectivity index (χ0) is 12.0. The Morgan fingerprint density at radius 1 is 1.50 bits per heavy atom. The minimum atomic E-state index is -0.0376. The highest BCUT2D eigenvalue weighted by Crippen LogP contribution is 2.02. The van der Waals surface area contributed by atoms with E-state index in [0.29, 0.717) is 12.5 Å². The Morgan fingerprint density at radius 3 is 2.94 bits per heavy atom. The molecule has 0 aromatic heterocycles. The fourth-order valence-electron chi connectivity index (χ4n) is 1.71. The molecule has 0 saturated carbocycles. The maximum absolute atomic E-state index is 11.7. The summed E-state index contributed by atoms with van der Waals surface area (Å²) in [6.45, 7) is 10.2. The third-order valence-electron chi connectivity index (χ3n) is 2.86. The van der Waals surface area contributed by atoms with Crippen LogP contribution in [-0.4, -0.2) is 49.7 Å². The van der Waals surface area contributed by atoms with E-state index in [4.69, 9.17) is 4.74 Å². The van der Waals surface area contributed by atoms with E-state index in [-0.39, 0.29) is 11.9 Å². The average Bonchev–Trinajstić information content (AvgIpc) is 2.23. The van der Waals surface area contributed by atoms with Crippen molar-refractivity contribution >= 4 is 5.91 Å². The molecule has 1 saturated heterocycles. The summed E-state index contributed by atoms with van der Waals surface area (Å²) < 4.78 is 5.52. The molecule has 0 radical (unpaired) electrons. The lowest BCUT2D eigenvalue weighted by Gasteiger charge is -2.31. The van der Waals surface area contributed by atoms with Crippen molar-refractivity contribution in [3.05, 3.63) is 0 Å². The summed E-state index contributed by atoms with van der Waals surface area (Å²) in [7, 11) is 0. The Balaban J connectivity index is 2.10. The molecule has 4 heteroatoms. The normalized spacial score (nSPS) is 21.9. The fraction of sp³-hybridized carbons (Fsp3) is 0.917. The van der Waals surface area contributed by atoms with Crippen LogP contribution in [-0.2, 0) is 9.53 Å². The van der Waals surface area contributed by atoms with Gasteiger partial charge < -0.3 is 15.0 Å². The molecule has 94 valence electrons. The molecule has 1 N–H and O–H groups in total. The predicted octanol–water partition coefficient (Wildman–Crippen LogP) is 0.869. The molecular weight excluding hydrogens is 204 g/mol. The Labute approximate surface area is 98.3 Å². The van der Waals surface area contributed by atoms with Crippen molar-refractivity contribution in [2.75, 3.05) is 32.8 Å². The molecule has 16 heavy (non-hydrogen) atoms. The third-order valence-corrected chi connectivity index (χ3v) is 2.86. The Bertz CT molecular complexity index is 219. The second kappa shape index (κ2) is 6.86.